The molecule has 3 atom stereocenters. The first kappa shape index (κ1) is 14.3. The van der Waals surface area contributed by atoms with Crippen LogP contribution in [0.3, 0.4) is 0 Å². The van der Waals surface area contributed by atoms with Crippen molar-refractivity contribution in [2.45, 2.75) is 31.0 Å². The van der Waals surface area contributed by atoms with E-state index in [1.165, 1.54) is 7.11 Å². The lowest BCUT2D eigenvalue weighted by atomic mass is 9.72. The van der Waals surface area contributed by atoms with E-state index in [0.717, 1.165) is 0 Å². The Hall–Kier alpha value is -2.28. The molecule has 1 aliphatic carbocycles. The topological polar surface area (TPSA) is 91.3 Å². The standard InChI is InChI=1S/C16H16O7/c1-20-13(17)15-5-2-6-16(15,19)12(23-14(15)18)9-3-4-10-11(7-9)22-8-21-10/h3-4,7,12,19H,2,5-6,8H2,1H3/t12-,15+,16-/m1/s1. The molecule has 1 saturated heterocycles. The van der Waals surface area contributed by atoms with Gasteiger partial charge in [-0.25, -0.2) is 0 Å². The predicted octanol–water partition coefficient (Wildman–Crippen LogP) is 1.09. The first-order valence-corrected chi connectivity index (χ1v) is 7.44. The number of rotatable bonds is 2. The van der Waals surface area contributed by atoms with Gasteiger partial charge in [0, 0.05) is 0 Å². The molecule has 1 N–H and O–H groups in total. The van der Waals surface area contributed by atoms with Gasteiger partial charge in [-0.15, -0.1) is 0 Å². The van der Waals surface area contributed by atoms with E-state index in [2.05, 4.69) is 0 Å². The highest BCUT2D eigenvalue weighted by atomic mass is 16.7. The Labute approximate surface area is 132 Å². The van der Waals surface area contributed by atoms with Crippen molar-refractivity contribution in [2.24, 2.45) is 5.41 Å². The molecule has 2 heterocycles. The van der Waals surface area contributed by atoms with Crippen molar-refractivity contribution in [3.63, 3.8) is 0 Å². The van der Waals surface area contributed by atoms with Gasteiger partial charge in [0.1, 0.15) is 5.60 Å². The molecule has 0 amide bonds. The SMILES string of the molecule is COC(=O)[C@]12CCC[C@@]1(O)[C@@H](c1ccc3c(c1)OCO3)OC2=O. The summed E-state index contributed by atoms with van der Waals surface area (Å²) in [5, 5.41) is 11.2. The molecule has 0 bridgehead atoms. The van der Waals surface area contributed by atoms with Crippen LogP contribution < -0.4 is 9.47 Å². The Kier molecular flexibility index (Phi) is 2.87. The van der Waals surface area contributed by atoms with Crippen LogP contribution in [0.1, 0.15) is 30.9 Å². The molecule has 0 aromatic heterocycles. The van der Waals surface area contributed by atoms with E-state index in [-0.39, 0.29) is 19.6 Å². The molecule has 4 rings (SSSR count). The van der Waals surface area contributed by atoms with E-state index in [0.29, 0.717) is 23.5 Å². The summed E-state index contributed by atoms with van der Waals surface area (Å²) >= 11 is 0. The van der Waals surface area contributed by atoms with Crippen LogP contribution in [-0.2, 0) is 19.1 Å². The fourth-order valence-corrected chi connectivity index (χ4v) is 3.95. The molecule has 1 aromatic carbocycles. The third-order valence-electron chi connectivity index (χ3n) is 5.09. The average molecular weight is 320 g/mol. The minimum atomic E-state index is -1.65. The van der Waals surface area contributed by atoms with Gasteiger partial charge in [-0.2, -0.15) is 0 Å². The summed E-state index contributed by atoms with van der Waals surface area (Å²) in [6.45, 7) is 0.125. The summed E-state index contributed by atoms with van der Waals surface area (Å²) < 4.78 is 20.8. The zero-order chi connectivity index (χ0) is 16.2. The normalized spacial score (nSPS) is 34.2. The third-order valence-corrected chi connectivity index (χ3v) is 5.09. The van der Waals surface area contributed by atoms with Gasteiger partial charge in [-0.05, 0) is 37.0 Å². The fraction of sp³-hybridized carbons (Fsp3) is 0.500. The minimum absolute atomic E-state index is 0.125. The van der Waals surface area contributed by atoms with E-state index in [4.69, 9.17) is 18.9 Å². The predicted molar refractivity (Wildman–Crippen MR) is 74.6 cm³/mol. The summed E-state index contributed by atoms with van der Waals surface area (Å²) in [5.74, 6) is -0.357. The maximum atomic E-state index is 12.5. The number of benzene rings is 1. The molecule has 0 radical (unpaired) electrons. The molecule has 2 fully saturated rings. The van der Waals surface area contributed by atoms with Gasteiger partial charge in [-0.3, -0.25) is 9.59 Å². The van der Waals surface area contributed by atoms with Gasteiger partial charge in [0.15, 0.2) is 23.0 Å². The van der Waals surface area contributed by atoms with Crippen molar-refractivity contribution >= 4 is 11.9 Å². The Bertz CT molecular complexity index is 700. The molecule has 23 heavy (non-hydrogen) atoms. The number of aliphatic hydroxyl groups is 1. The van der Waals surface area contributed by atoms with E-state index in [9.17, 15) is 14.7 Å². The Balaban J connectivity index is 1.79. The van der Waals surface area contributed by atoms with Crippen LogP contribution in [0.5, 0.6) is 11.5 Å². The Morgan fingerprint density at radius 3 is 2.87 bits per heavy atom. The maximum absolute atomic E-state index is 12.5. The smallest absolute Gasteiger partial charge is 0.327 e. The number of cyclic esters (lactones) is 1. The quantitative estimate of drug-likeness (QED) is 0.644. The van der Waals surface area contributed by atoms with Crippen molar-refractivity contribution in [1.29, 1.82) is 0 Å². The fourth-order valence-electron chi connectivity index (χ4n) is 3.95. The highest BCUT2D eigenvalue weighted by Gasteiger charge is 2.74. The van der Waals surface area contributed by atoms with Crippen molar-refractivity contribution in [3.8, 4) is 11.5 Å². The summed E-state index contributed by atoms with van der Waals surface area (Å²) in [6.07, 6.45) is 0.108. The average Bonchev–Trinajstić information content (AvgIpc) is 3.20. The van der Waals surface area contributed by atoms with Crippen molar-refractivity contribution in [2.75, 3.05) is 13.9 Å². The van der Waals surface area contributed by atoms with E-state index >= 15 is 0 Å². The highest BCUT2D eigenvalue weighted by Crippen LogP contribution is 2.60. The number of esters is 2. The second-order valence-electron chi connectivity index (χ2n) is 6.07. The number of carbonyl (C=O) groups excluding carboxylic acids is 2. The Morgan fingerprint density at radius 1 is 1.30 bits per heavy atom. The lowest BCUT2D eigenvalue weighted by molar-refractivity contribution is -0.169. The van der Waals surface area contributed by atoms with E-state index < -0.39 is 29.1 Å². The molecule has 2 aliphatic heterocycles. The number of carbonyl (C=O) groups is 2. The Morgan fingerprint density at radius 2 is 2.09 bits per heavy atom. The zero-order valence-corrected chi connectivity index (χ0v) is 12.5. The molecule has 0 spiro atoms. The van der Waals surface area contributed by atoms with Crippen molar-refractivity contribution < 1.29 is 33.6 Å². The molecule has 1 saturated carbocycles. The highest BCUT2D eigenvalue weighted by molar-refractivity contribution is 6.04. The zero-order valence-electron chi connectivity index (χ0n) is 12.5. The molecular formula is C16H16O7. The van der Waals surface area contributed by atoms with Crippen LogP contribution in [0.2, 0.25) is 0 Å². The van der Waals surface area contributed by atoms with Gasteiger partial charge in [0.25, 0.3) is 0 Å². The van der Waals surface area contributed by atoms with Gasteiger partial charge in [0.05, 0.1) is 7.11 Å². The van der Waals surface area contributed by atoms with Gasteiger partial charge >= 0.3 is 11.9 Å². The molecular weight excluding hydrogens is 304 g/mol. The minimum Gasteiger partial charge on any atom is -0.468 e. The van der Waals surface area contributed by atoms with Crippen molar-refractivity contribution in [1.82, 2.24) is 0 Å². The second-order valence-corrected chi connectivity index (χ2v) is 6.07. The van der Waals surface area contributed by atoms with E-state index in [1.807, 2.05) is 0 Å². The molecule has 7 heteroatoms. The number of hydrogen-bond donors (Lipinski definition) is 1. The first-order valence-electron chi connectivity index (χ1n) is 7.44. The summed E-state index contributed by atoms with van der Waals surface area (Å²) in [6, 6.07) is 5.07. The summed E-state index contributed by atoms with van der Waals surface area (Å²) in [5.41, 5.74) is -2.70. The van der Waals surface area contributed by atoms with Gasteiger partial charge in [0.2, 0.25) is 6.79 Å². The molecule has 1 aromatic rings. The molecule has 7 nitrogen and oxygen atoms in total. The number of ether oxygens (including phenoxy) is 4. The lowest BCUT2D eigenvalue weighted by Gasteiger charge is -2.32. The monoisotopic (exact) mass is 320 g/mol. The van der Waals surface area contributed by atoms with Gasteiger partial charge in [-0.1, -0.05) is 6.07 Å². The van der Waals surface area contributed by atoms with Crippen LogP contribution in [0.15, 0.2) is 18.2 Å². The summed E-state index contributed by atoms with van der Waals surface area (Å²) in [7, 11) is 1.21. The molecule has 0 unspecified atom stereocenters. The summed E-state index contributed by atoms with van der Waals surface area (Å²) in [4.78, 5) is 24.7. The van der Waals surface area contributed by atoms with Gasteiger partial charge < -0.3 is 24.1 Å². The largest absolute Gasteiger partial charge is 0.468 e. The molecule has 3 aliphatic rings. The third kappa shape index (κ3) is 1.63. The van der Waals surface area contributed by atoms with Crippen LogP contribution in [0.25, 0.3) is 0 Å². The van der Waals surface area contributed by atoms with E-state index in [1.54, 1.807) is 18.2 Å². The lowest BCUT2D eigenvalue weighted by Crippen LogP contribution is -2.51. The van der Waals surface area contributed by atoms with Crippen LogP contribution in [0.4, 0.5) is 0 Å². The van der Waals surface area contributed by atoms with Crippen LogP contribution >= 0.6 is 0 Å². The first-order chi connectivity index (χ1) is 11.0. The van der Waals surface area contributed by atoms with Crippen molar-refractivity contribution in [3.05, 3.63) is 23.8 Å². The van der Waals surface area contributed by atoms with Crippen LogP contribution in [0, 0.1) is 5.41 Å². The number of hydrogen-bond acceptors (Lipinski definition) is 7. The number of methoxy groups -OCH3 is 1. The number of fused-ring (bicyclic) bond motifs is 2. The molecule has 122 valence electrons. The second kappa shape index (κ2) is 4.61. The maximum Gasteiger partial charge on any atom is 0.327 e. The van der Waals surface area contributed by atoms with Crippen LogP contribution in [-0.4, -0.2) is 36.5 Å².